The number of carbonyl (C=O) groups is 1. The molecule has 22 heavy (non-hydrogen) atoms. The minimum atomic E-state index is -0.381. The van der Waals surface area contributed by atoms with Crippen LogP contribution in [0.4, 0.5) is 5.69 Å². The van der Waals surface area contributed by atoms with Gasteiger partial charge in [0, 0.05) is 12.1 Å². The normalized spacial score (nSPS) is 13.2. The number of esters is 1. The minimum absolute atomic E-state index is 0.106. The Morgan fingerprint density at radius 2 is 1.82 bits per heavy atom. The van der Waals surface area contributed by atoms with Crippen molar-refractivity contribution in [3.8, 4) is 11.1 Å². The molecule has 0 heterocycles. The highest BCUT2D eigenvalue weighted by Crippen LogP contribution is 2.39. The molecule has 0 saturated carbocycles. The fourth-order valence-electron chi connectivity index (χ4n) is 2.91. The molecule has 0 aliphatic heterocycles. The van der Waals surface area contributed by atoms with Crippen LogP contribution in [0.3, 0.4) is 0 Å². The fraction of sp³-hybridized carbons (Fsp3) is 0.235. The monoisotopic (exact) mass is 297 g/mol. The maximum absolute atomic E-state index is 11.7. The molecule has 0 fully saturated rings. The van der Waals surface area contributed by atoms with Crippen molar-refractivity contribution in [1.29, 1.82) is 0 Å². The molecular weight excluding hydrogens is 282 g/mol. The molecule has 112 valence electrons. The Balaban J connectivity index is 1.98. The standard InChI is InChI=1S/C17H15NO4/c1-10(17(19)22-2)11-3-5-15-12(7-11)8-13-9-14(18(20)21)4-6-16(13)15/h3-7,9-10H,8H2,1-2H3. The number of nitrogens with zero attached hydrogens (tertiary/aromatic N) is 1. The fourth-order valence-corrected chi connectivity index (χ4v) is 2.91. The average molecular weight is 297 g/mol. The molecule has 0 aromatic heterocycles. The molecule has 1 aliphatic rings. The number of nitro benzene ring substituents is 1. The van der Waals surface area contributed by atoms with Crippen LogP contribution in [-0.4, -0.2) is 18.0 Å². The summed E-state index contributed by atoms with van der Waals surface area (Å²) in [6.07, 6.45) is 0.647. The van der Waals surface area contributed by atoms with Crippen LogP contribution >= 0.6 is 0 Å². The summed E-state index contributed by atoms with van der Waals surface area (Å²) in [5.41, 5.74) is 5.14. The van der Waals surface area contributed by atoms with Gasteiger partial charge in [-0.05, 0) is 47.2 Å². The summed E-state index contributed by atoms with van der Waals surface area (Å²) >= 11 is 0. The van der Waals surface area contributed by atoms with Gasteiger partial charge in [-0.25, -0.2) is 0 Å². The average Bonchev–Trinajstić information content (AvgIpc) is 2.89. The van der Waals surface area contributed by atoms with Gasteiger partial charge in [-0.1, -0.05) is 18.2 Å². The van der Waals surface area contributed by atoms with Gasteiger partial charge < -0.3 is 4.74 Å². The molecule has 0 N–H and O–H groups in total. The lowest BCUT2D eigenvalue weighted by molar-refractivity contribution is -0.384. The van der Waals surface area contributed by atoms with Crippen LogP contribution in [0.15, 0.2) is 36.4 Å². The molecule has 2 aromatic carbocycles. The van der Waals surface area contributed by atoms with E-state index in [1.165, 1.54) is 13.2 Å². The van der Waals surface area contributed by atoms with Crippen LogP contribution in [0, 0.1) is 10.1 Å². The molecule has 0 bridgehead atoms. The van der Waals surface area contributed by atoms with Crippen LogP contribution in [0.2, 0.25) is 0 Å². The number of ether oxygens (including phenoxy) is 1. The highest BCUT2D eigenvalue weighted by Gasteiger charge is 2.23. The van der Waals surface area contributed by atoms with E-state index >= 15 is 0 Å². The van der Waals surface area contributed by atoms with Crippen molar-refractivity contribution < 1.29 is 14.5 Å². The van der Waals surface area contributed by atoms with Gasteiger partial charge in [0.1, 0.15) is 0 Å². The lowest BCUT2D eigenvalue weighted by Gasteiger charge is -2.11. The molecular formula is C17H15NO4. The molecule has 0 radical (unpaired) electrons. The molecule has 0 amide bonds. The number of hydrogen-bond acceptors (Lipinski definition) is 4. The Morgan fingerprint density at radius 1 is 1.18 bits per heavy atom. The number of hydrogen-bond donors (Lipinski definition) is 0. The van der Waals surface area contributed by atoms with Gasteiger partial charge >= 0.3 is 5.97 Å². The number of rotatable bonds is 3. The van der Waals surface area contributed by atoms with Crippen molar-refractivity contribution in [3.63, 3.8) is 0 Å². The zero-order valence-corrected chi connectivity index (χ0v) is 12.3. The van der Waals surface area contributed by atoms with Crippen LogP contribution in [0.25, 0.3) is 11.1 Å². The number of non-ortho nitro benzene ring substituents is 1. The number of methoxy groups -OCH3 is 1. The van der Waals surface area contributed by atoms with Crippen molar-refractivity contribution in [3.05, 3.63) is 63.2 Å². The highest BCUT2D eigenvalue weighted by molar-refractivity contribution is 5.81. The molecule has 1 unspecified atom stereocenters. The summed E-state index contributed by atoms with van der Waals surface area (Å²) in [5.74, 6) is -0.598. The SMILES string of the molecule is COC(=O)C(C)c1ccc2c(c1)Cc1cc([N+](=O)[O-])ccc1-2. The van der Waals surface area contributed by atoms with Gasteiger partial charge in [0.25, 0.3) is 5.69 Å². The Morgan fingerprint density at radius 3 is 2.45 bits per heavy atom. The second kappa shape index (κ2) is 5.26. The molecule has 1 aliphatic carbocycles. The summed E-state index contributed by atoms with van der Waals surface area (Å²) in [7, 11) is 1.38. The smallest absolute Gasteiger partial charge is 0.312 e. The van der Waals surface area contributed by atoms with Crippen LogP contribution in [0.1, 0.15) is 29.5 Å². The summed E-state index contributed by atoms with van der Waals surface area (Å²) < 4.78 is 4.78. The summed E-state index contributed by atoms with van der Waals surface area (Å²) in [6.45, 7) is 1.81. The Kier molecular flexibility index (Phi) is 3.41. The molecule has 2 aromatic rings. The van der Waals surface area contributed by atoms with E-state index in [2.05, 4.69) is 0 Å². The van der Waals surface area contributed by atoms with E-state index in [4.69, 9.17) is 4.74 Å². The van der Waals surface area contributed by atoms with Crippen molar-refractivity contribution in [2.45, 2.75) is 19.3 Å². The number of fused-ring (bicyclic) bond motifs is 3. The molecule has 1 atom stereocenters. The van der Waals surface area contributed by atoms with E-state index in [0.717, 1.165) is 27.8 Å². The first kappa shape index (κ1) is 14.3. The van der Waals surface area contributed by atoms with Crippen molar-refractivity contribution in [1.82, 2.24) is 0 Å². The van der Waals surface area contributed by atoms with E-state index in [0.29, 0.717) is 6.42 Å². The zero-order valence-electron chi connectivity index (χ0n) is 12.3. The second-order valence-electron chi connectivity index (χ2n) is 5.44. The summed E-state index contributed by atoms with van der Waals surface area (Å²) in [5, 5.41) is 10.9. The molecule has 5 nitrogen and oxygen atoms in total. The van der Waals surface area contributed by atoms with Crippen molar-refractivity contribution in [2.75, 3.05) is 7.11 Å². The maximum atomic E-state index is 11.7. The van der Waals surface area contributed by atoms with Crippen molar-refractivity contribution in [2.24, 2.45) is 0 Å². The van der Waals surface area contributed by atoms with E-state index < -0.39 is 0 Å². The minimum Gasteiger partial charge on any atom is -0.469 e. The number of carbonyl (C=O) groups excluding carboxylic acids is 1. The second-order valence-corrected chi connectivity index (χ2v) is 5.44. The van der Waals surface area contributed by atoms with Gasteiger partial charge in [0.05, 0.1) is 18.0 Å². The summed E-state index contributed by atoms with van der Waals surface area (Å²) in [6, 6.07) is 10.8. The molecule has 5 heteroatoms. The third-order valence-electron chi connectivity index (χ3n) is 4.15. The van der Waals surface area contributed by atoms with Crippen molar-refractivity contribution >= 4 is 11.7 Å². The molecule has 3 rings (SSSR count). The van der Waals surface area contributed by atoms with Crippen LogP contribution in [-0.2, 0) is 16.0 Å². The number of nitro groups is 1. The summed E-state index contributed by atoms with van der Waals surface area (Å²) in [4.78, 5) is 22.2. The van der Waals surface area contributed by atoms with Gasteiger partial charge in [-0.3, -0.25) is 14.9 Å². The lowest BCUT2D eigenvalue weighted by Crippen LogP contribution is -2.10. The Bertz CT molecular complexity index is 782. The zero-order chi connectivity index (χ0) is 15.9. The third kappa shape index (κ3) is 2.24. The molecule has 0 saturated heterocycles. The van der Waals surface area contributed by atoms with Gasteiger partial charge in [-0.2, -0.15) is 0 Å². The first-order chi connectivity index (χ1) is 10.5. The first-order valence-corrected chi connectivity index (χ1v) is 6.99. The van der Waals surface area contributed by atoms with Crippen LogP contribution < -0.4 is 0 Å². The van der Waals surface area contributed by atoms with Gasteiger partial charge in [0.2, 0.25) is 0 Å². The first-order valence-electron chi connectivity index (χ1n) is 6.99. The van der Waals surface area contributed by atoms with E-state index in [1.54, 1.807) is 19.1 Å². The van der Waals surface area contributed by atoms with Gasteiger partial charge in [0.15, 0.2) is 0 Å². The van der Waals surface area contributed by atoms with E-state index in [-0.39, 0.29) is 22.5 Å². The Labute approximate surface area is 127 Å². The third-order valence-corrected chi connectivity index (χ3v) is 4.15. The quantitative estimate of drug-likeness (QED) is 0.422. The predicted octanol–water partition coefficient (Wildman–Crippen LogP) is 3.44. The van der Waals surface area contributed by atoms with Gasteiger partial charge in [-0.15, -0.1) is 0 Å². The topological polar surface area (TPSA) is 69.4 Å². The molecule has 0 spiro atoms. The van der Waals surface area contributed by atoms with E-state index in [1.807, 2.05) is 18.2 Å². The maximum Gasteiger partial charge on any atom is 0.312 e. The Hall–Kier alpha value is -2.69. The highest BCUT2D eigenvalue weighted by atomic mass is 16.6. The largest absolute Gasteiger partial charge is 0.469 e. The van der Waals surface area contributed by atoms with Crippen LogP contribution in [0.5, 0.6) is 0 Å². The predicted molar refractivity (Wildman–Crippen MR) is 81.8 cm³/mol. The number of benzene rings is 2. The lowest BCUT2D eigenvalue weighted by atomic mass is 9.96. The van der Waals surface area contributed by atoms with E-state index in [9.17, 15) is 14.9 Å².